The molecule has 0 bridgehead atoms. The third kappa shape index (κ3) is 1.99. The van der Waals surface area contributed by atoms with E-state index in [0.29, 0.717) is 13.0 Å². The average Bonchev–Trinajstić information content (AvgIpc) is 2.90. The Kier molecular flexibility index (Phi) is 3.34. The minimum absolute atomic E-state index is 0.00912. The Morgan fingerprint density at radius 1 is 1.26 bits per heavy atom. The van der Waals surface area contributed by atoms with Gasteiger partial charge in [0, 0.05) is 24.0 Å². The molecule has 2 aliphatic heterocycles. The number of nitrogens with zero attached hydrogens (tertiary/aromatic N) is 1. The Morgan fingerprint density at radius 3 is 2.63 bits per heavy atom. The number of alkyl halides is 2. The van der Waals surface area contributed by atoms with Crippen molar-refractivity contribution < 1.29 is 8.78 Å². The third-order valence-corrected chi connectivity index (χ3v) is 5.03. The molecule has 3 heteroatoms. The van der Waals surface area contributed by atoms with E-state index in [4.69, 9.17) is 0 Å². The van der Waals surface area contributed by atoms with Crippen molar-refractivity contribution in [1.82, 2.24) is 4.90 Å². The van der Waals surface area contributed by atoms with Gasteiger partial charge in [-0.1, -0.05) is 37.3 Å². The van der Waals surface area contributed by atoms with Crippen LogP contribution in [0.5, 0.6) is 0 Å². The average molecular weight is 265 g/mol. The molecule has 1 aromatic carbocycles. The summed E-state index contributed by atoms with van der Waals surface area (Å²) in [6.07, 6.45) is 1.52. The molecule has 0 spiro atoms. The summed E-state index contributed by atoms with van der Waals surface area (Å²) in [6.45, 7) is 2.26. The van der Waals surface area contributed by atoms with Crippen molar-refractivity contribution in [3.63, 3.8) is 0 Å². The third-order valence-electron chi connectivity index (χ3n) is 5.03. The van der Waals surface area contributed by atoms with Crippen molar-refractivity contribution in [2.45, 2.75) is 43.9 Å². The molecule has 0 saturated carbocycles. The number of halogens is 2. The molecule has 0 amide bonds. The second-order valence-electron chi connectivity index (χ2n) is 6.01. The molecule has 1 aromatic rings. The molecule has 2 heterocycles. The first-order valence-electron chi connectivity index (χ1n) is 7.22. The first-order chi connectivity index (χ1) is 9.20. The van der Waals surface area contributed by atoms with Crippen LogP contribution in [0.15, 0.2) is 30.3 Å². The lowest BCUT2D eigenvalue weighted by molar-refractivity contribution is 0.137. The first kappa shape index (κ1) is 13.0. The number of rotatable bonds is 3. The van der Waals surface area contributed by atoms with Crippen LogP contribution in [-0.4, -0.2) is 29.8 Å². The molecule has 0 radical (unpaired) electrons. The largest absolute Gasteiger partial charge is 0.287 e. The first-order valence-corrected chi connectivity index (χ1v) is 7.22. The standard InChI is InChI=1S/C16H21F2N/c1-2-16-8-13(10-17)15(12-6-4-3-5-7-12)19(16)11-14(18)9-16/h3-7,13-15H,2,8-11H2,1H3/t13-,14-,15+,16-/m0/s1. The highest BCUT2D eigenvalue weighted by Crippen LogP contribution is 2.53. The molecule has 19 heavy (non-hydrogen) atoms. The summed E-state index contributed by atoms with van der Waals surface area (Å²) in [6, 6.07) is 10.1. The van der Waals surface area contributed by atoms with Crippen LogP contribution in [-0.2, 0) is 0 Å². The van der Waals surface area contributed by atoms with E-state index in [2.05, 4.69) is 11.8 Å². The zero-order valence-electron chi connectivity index (χ0n) is 11.4. The number of hydrogen-bond donors (Lipinski definition) is 0. The van der Waals surface area contributed by atoms with Gasteiger partial charge in [0.15, 0.2) is 0 Å². The van der Waals surface area contributed by atoms with E-state index in [1.165, 1.54) is 0 Å². The minimum atomic E-state index is -0.758. The molecular weight excluding hydrogens is 244 g/mol. The molecule has 0 aromatic heterocycles. The lowest BCUT2D eigenvalue weighted by Crippen LogP contribution is -2.38. The van der Waals surface area contributed by atoms with Gasteiger partial charge in [0.1, 0.15) is 6.17 Å². The highest BCUT2D eigenvalue weighted by Gasteiger charge is 2.55. The van der Waals surface area contributed by atoms with Crippen molar-refractivity contribution in [3.8, 4) is 0 Å². The van der Waals surface area contributed by atoms with Gasteiger partial charge in [0.2, 0.25) is 0 Å². The minimum Gasteiger partial charge on any atom is -0.287 e. The molecule has 3 rings (SSSR count). The Morgan fingerprint density at radius 2 is 2.00 bits per heavy atom. The van der Waals surface area contributed by atoms with Crippen molar-refractivity contribution in [1.29, 1.82) is 0 Å². The van der Waals surface area contributed by atoms with Crippen LogP contribution in [0.25, 0.3) is 0 Å². The highest BCUT2D eigenvalue weighted by atomic mass is 19.1. The van der Waals surface area contributed by atoms with Crippen LogP contribution < -0.4 is 0 Å². The smallest absolute Gasteiger partial charge is 0.115 e. The lowest BCUT2D eigenvalue weighted by atomic mass is 9.86. The molecule has 104 valence electrons. The van der Waals surface area contributed by atoms with E-state index in [1.54, 1.807) is 0 Å². The van der Waals surface area contributed by atoms with Gasteiger partial charge < -0.3 is 0 Å². The topological polar surface area (TPSA) is 3.24 Å². The van der Waals surface area contributed by atoms with Gasteiger partial charge in [0.05, 0.1) is 6.67 Å². The van der Waals surface area contributed by atoms with Crippen molar-refractivity contribution in [2.75, 3.05) is 13.2 Å². The number of benzene rings is 1. The summed E-state index contributed by atoms with van der Waals surface area (Å²) in [5.41, 5.74) is 1.02. The van der Waals surface area contributed by atoms with Crippen LogP contribution in [0.3, 0.4) is 0 Å². The maximum atomic E-state index is 13.9. The number of hydrogen-bond acceptors (Lipinski definition) is 1. The van der Waals surface area contributed by atoms with Crippen molar-refractivity contribution >= 4 is 0 Å². The summed E-state index contributed by atoms with van der Waals surface area (Å²) in [5, 5.41) is 0. The lowest BCUT2D eigenvalue weighted by Gasteiger charge is -2.34. The fourth-order valence-electron chi connectivity index (χ4n) is 4.20. The Labute approximate surface area is 113 Å². The van der Waals surface area contributed by atoms with Crippen LogP contribution in [0, 0.1) is 5.92 Å². The van der Waals surface area contributed by atoms with Gasteiger partial charge in [-0.3, -0.25) is 9.29 Å². The van der Waals surface area contributed by atoms with Gasteiger partial charge in [-0.25, -0.2) is 4.39 Å². The second-order valence-corrected chi connectivity index (χ2v) is 6.01. The van der Waals surface area contributed by atoms with Crippen LogP contribution in [0.1, 0.15) is 37.8 Å². The van der Waals surface area contributed by atoms with E-state index in [9.17, 15) is 8.78 Å². The molecule has 2 aliphatic rings. The van der Waals surface area contributed by atoms with E-state index < -0.39 is 6.17 Å². The Hall–Kier alpha value is -0.960. The van der Waals surface area contributed by atoms with Crippen LogP contribution in [0.4, 0.5) is 8.78 Å². The number of fused-ring (bicyclic) bond motifs is 1. The predicted molar refractivity (Wildman–Crippen MR) is 72.5 cm³/mol. The molecule has 1 nitrogen and oxygen atoms in total. The summed E-state index contributed by atoms with van der Waals surface area (Å²) in [4.78, 5) is 2.25. The normalized spacial score (nSPS) is 38.6. The maximum Gasteiger partial charge on any atom is 0.115 e. The fraction of sp³-hybridized carbons (Fsp3) is 0.625. The predicted octanol–water partition coefficient (Wildman–Crippen LogP) is 3.91. The summed E-state index contributed by atoms with van der Waals surface area (Å²) >= 11 is 0. The van der Waals surface area contributed by atoms with Gasteiger partial charge in [-0.05, 0) is 24.8 Å². The SMILES string of the molecule is CC[C@]12C[C@H](F)CN1[C@H](c1ccccc1)[C@H](CF)C2. The fourth-order valence-corrected chi connectivity index (χ4v) is 4.20. The molecule has 2 fully saturated rings. The zero-order valence-corrected chi connectivity index (χ0v) is 11.4. The summed E-state index contributed by atoms with van der Waals surface area (Å²) in [7, 11) is 0. The zero-order chi connectivity index (χ0) is 13.5. The van der Waals surface area contributed by atoms with Gasteiger partial charge in [-0.15, -0.1) is 0 Å². The highest BCUT2D eigenvalue weighted by molar-refractivity contribution is 5.25. The Balaban J connectivity index is 1.98. The van der Waals surface area contributed by atoms with E-state index >= 15 is 0 Å². The molecule has 2 saturated heterocycles. The van der Waals surface area contributed by atoms with Gasteiger partial charge >= 0.3 is 0 Å². The van der Waals surface area contributed by atoms with Crippen molar-refractivity contribution in [3.05, 3.63) is 35.9 Å². The molecule has 0 N–H and O–H groups in total. The Bertz CT molecular complexity index is 436. The van der Waals surface area contributed by atoms with Gasteiger partial charge in [0.25, 0.3) is 0 Å². The van der Waals surface area contributed by atoms with Crippen LogP contribution in [0.2, 0.25) is 0 Å². The quantitative estimate of drug-likeness (QED) is 0.801. The second kappa shape index (κ2) is 4.86. The van der Waals surface area contributed by atoms with E-state index in [0.717, 1.165) is 18.4 Å². The molecule has 0 aliphatic carbocycles. The van der Waals surface area contributed by atoms with E-state index in [-0.39, 0.29) is 24.2 Å². The monoisotopic (exact) mass is 265 g/mol. The maximum absolute atomic E-state index is 13.9. The van der Waals surface area contributed by atoms with Crippen molar-refractivity contribution in [2.24, 2.45) is 5.92 Å². The molecule has 4 atom stereocenters. The summed E-state index contributed by atoms with van der Waals surface area (Å²) in [5.74, 6) is 0.00912. The molecular formula is C16H21F2N. The van der Waals surface area contributed by atoms with Crippen LogP contribution >= 0.6 is 0 Å². The van der Waals surface area contributed by atoms with Gasteiger partial charge in [-0.2, -0.15) is 0 Å². The summed E-state index contributed by atoms with van der Waals surface area (Å²) < 4.78 is 27.3. The van der Waals surface area contributed by atoms with E-state index in [1.807, 2.05) is 30.3 Å². The molecule has 0 unspecified atom stereocenters.